The molecule has 0 radical (unpaired) electrons. The predicted molar refractivity (Wildman–Crippen MR) is 100 cm³/mol. The molecule has 0 bridgehead atoms. The maximum Gasteiger partial charge on any atom is 0.305 e. The standard InChI is InChI=1S/C21H34O4/c1-3-4-7-10-18(22)15-13-17-14-16-20(23)19(17)11-8-5-6-9-12-21(24)25-2/h5,7-8,10,17-19,22H,3-4,6,9,11-16H2,1-2H3/b8-5-,10-7+/t17-,18?,19+/m0/s1. The quantitative estimate of drug-likeness (QED) is 0.322. The fourth-order valence-electron chi connectivity index (χ4n) is 3.37. The second-order valence-corrected chi connectivity index (χ2v) is 6.91. The zero-order valence-electron chi connectivity index (χ0n) is 15.8. The van der Waals surface area contributed by atoms with Gasteiger partial charge in [0.05, 0.1) is 13.2 Å². The smallest absolute Gasteiger partial charge is 0.305 e. The van der Waals surface area contributed by atoms with Crippen molar-refractivity contribution in [2.45, 2.75) is 77.2 Å². The van der Waals surface area contributed by atoms with Gasteiger partial charge in [0.1, 0.15) is 5.78 Å². The molecule has 1 N–H and O–H groups in total. The van der Waals surface area contributed by atoms with Crippen molar-refractivity contribution in [3.8, 4) is 0 Å². The summed E-state index contributed by atoms with van der Waals surface area (Å²) in [6.07, 6.45) is 15.9. The Morgan fingerprint density at radius 2 is 2.12 bits per heavy atom. The van der Waals surface area contributed by atoms with Gasteiger partial charge in [0.2, 0.25) is 0 Å². The van der Waals surface area contributed by atoms with Crippen LogP contribution in [0.2, 0.25) is 0 Å². The van der Waals surface area contributed by atoms with Gasteiger partial charge in [-0.2, -0.15) is 0 Å². The highest BCUT2D eigenvalue weighted by molar-refractivity contribution is 5.83. The number of hydrogen-bond acceptors (Lipinski definition) is 4. The molecule has 1 unspecified atom stereocenters. The van der Waals surface area contributed by atoms with Gasteiger partial charge in [-0.25, -0.2) is 0 Å². The molecule has 3 atom stereocenters. The van der Waals surface area contributed by atoms with E-state index in [4.69, 9.17) is 0 Å². The number of ether oxygens (including phenoxy) is 1. The summed E-state index contributed by atoms with van der Waals surface area (Å²) >= 11 is 0. The molecule has 0 aliphatic heterocycles. The van der Waals surface area contributed by atoms with Crippen molar-refractivity contribution in [1.29, 1.82) is 0 Å². The fourth-order valence-corrected chi connectivity index (χ4v) is 3.37. The molecule has 142 valence electrons. The molecule has 25 heavy (non-hydrogen) atoms. The van der Waals surface area contributed by atoms with Crippen LogP contribution in [0.1, 0.15) is 71.1 Å². The van der Waals surface area contributed by atoms with E-state index in [2.05, 4.69) is 23.8 Å². The van der Waals surface area contributed by atoms with Crippen molar-refractivity contribution < 1.29 is 19.4 Å². The van der Waals surface area contributed by atoms with Gasteiger partial charge in [0, 0.05) is 18.8 Å². The number of ketones is 1. The van der Waals surface area contributed by atoms with Gasteiger partial charge in [-0.05, 0) is 50.9 Å². The second kappa shape index (κ2) is 12.9. The Labute approximate surface area is 152 Å². The van der Waals surface area contributed by atoms with Crippen LogP contribution in [0, 0.1) is 11.8 Å². The molecule has 1 rings (SSSR count). The third kappa shape index (κ3) is 9.01. The number of carbonyl (C=O) groups is 2. The normalized spacial score (nSPS) is 22.1. The molecule has 1 fully saturated rings. The van der Waals surface area contributed by atoms with Crippen LogP contribution in [0.4, 0.5) is 0 Å². The van der Waals surface area contributed by atoms with Gasteiger partial charge in [-0.1, -0.05) is 37.6 Å². The number of carbonyl (C=O) groups excluding carboxylic acids is 2. The van der Waals surface area contributed by atoms with E-state index in [9.17, 15) is 14.7 Å². The van der Waals surface area contributed by atoms with Crippen LogP contribution in [0.3, 0.4) is 0 Å². The number of rotatable bonds is 12. The van der Waals surface area contributed by atoms with Gasteiger partial charge < -0.3 is 9.84 Å². The Kier molecular flexibility index (Phi) is 11.1. The zero-order chi connectivity index (χ0) is 18.5. The minimum absolute atomic E-state index is 0.101. The van der Waals surface area contributed by atoms with E-state index in [0.717, 1.165) is 51.4 Å². The minimum atomic E-state index is -0.392. The molecular formula is C21H34O4. The molecule has 0 spiro atoms. The highest BCUT2D eigenvalue weighted by Crippen LogP contribution is 2.35. The molecule has 0 aromatic rings. The summed E-state index contributed by atoms with van der Waals surface area (Å²) in [4.78, 5) is 23.2. The first-order valence-corrected chi connectivity index (χ1v) is 9.67. The Bertz CT molecular complexity index is 453. The van der Waals surface area contributed by atoms with Crippen LogP contribution in [0.25, 0.3) is 0 Å². The molecule has 1 saturated carbocycles. The molecule has 0 aromatic heterocycles. The molecular weight excluding hydrogens is 316 g/mol. The first-order chi connectivity index (χ1) is 12.1. The SMILES string of the molecule is CCC/C=C/C(O)CC[C@H]1CCC(=O)[C@@H]1C/C=C\CCCC(=O)OC. The number of esters is 1. The van der Waals surface area contributed by atoms with Crippen molar-refractivity contribution in [1.82, 2.24) is 0 Å². The largest absolute Gasteiger partial charge is 0.469 e. The molecule has 0 heterocycles. The van der Waals surface area contributed by atoms with Gasteiger partial charge in [0.15, 0.2) is 0 Å². The van der Waals surface area contributed by atoms with Gasteiger partial charge in [-0.3, -0.25) is 9.59 Å². The lowest BCUT2D eigenvalue weighted by Crippen LogP contribution is -2.16. The van der Waals surface area contributed by atoms with Crippen LogP contribution >= 0.6 is 0 Å². The van der Waals surface area contributed by atoms with Gasteiger partial charge in [-0.15, -0.1) is 0 Å². The number of hydrogen-bond donors (Lipinski definition) is 1. The maximum absolute atomic E-state index is 12.1. The zero-order valence-corrected chi connectivity index (χ0v) is 15.8. The highest BCUT2D eigenvalue weighted by atomic mass is 16.5. The van der Waals surface area contributed by atoms with E-state index in [1.165, 1.54) is 7.11 Å². The Hall–Kier alpha value is -1.42. The first kappa shape index (κ1) is 21.6. The van der Waals surface area contributed by atoms with Crippen LogP contribution in [0.5, 0.6) is 0 Å². The molecule has 0 saturated heterocycles. The molecule has 0 amide bonds. The van der Waals surface area contributed by atoms with E-state index in [1.54, 1.807) is 0 Å². The van der Waals surface area contributed by atoms with Crippen molar-refractivity contribution in [2.75, 3.05) is 7.11 Å². The van der Waals surface area contributed by atoms with Crippen molar-refractivity contribution in [3.63, 3.8) is 0 Å². The lowest BCUT2D eigenvalue weighted by molar-refractivity contribution is -0.140. The van der Waals surface area contributed by atoms with Crippen LogP contribution in [0.15, 0.2) is 24.3 Å². The summed E-state index contributed by atoms with van der Waals surface area (Å²) in [6.45, 7) is 2.12. The minimum Gasteiger partial charge on any atom is -0.469 e. The second-order valence-electron chi connectivity index (χ2n) is 6.91. The van der Waals surface area contributed by atoms with Crippen LogP contribution in [-0.4, -0.2) is 30.1 Å². The molecule has 1 aliphatic rings. The summed E-state index contributed by atoms with van der Waals surface area (Å²) in [5, 5.41) is 10.0. The van der Waals surface area contributed by atoms with Gasteiger partial charge in [0.25, 0.3) is 0 Å². The monoisotopic (exact) mass is 350 g/mol. The Morgan fingerprint density at radius 3 is 2.84 bits per heavy atom. The predicted octanol–water partition coefficient (Wildman–Crippen LogP) is 4.37. The maximum atomic E-state index is 12.1. The van der Waals surface area contributed by atoms with E-state index in [0.29, 0.717) is 24.5 Å². The average Bonchev–Trinajstić information content (AvgIpc) is 2.96. The number of allylic oxidation sites excluding steroid dienone is 3. The number of aliphatic hydroxyl groups excluding tert-OH is 1. The van der Waals surface area contributed by atoms with E-state index in [1.807, 2.05) is 12.2 Å². The summed E-state index contributed by atoms with van der Waals surface area (Å²) in [5.74, 6) is 0.677. The number of Topliss-reactive ketones (excluding diaryl/α,β-unsaturated/α-hetero) is 1. The molecule has 0 aromatic carbocycles. The van der Waals surface area contributed by atoms with Gasteiger partial charge >= 0.3 is 5.97 Å². The average molecular weight is 350 g/mol. The van der Waals surface area contributed by atoms with Crippen molar-refractivity contribution >= 4 is 11.8 Å². The molecule has 1 aliphatic carbocycles. The van der Waals surface area contributed by atoms with Crippen molar-refractivity contribution in [2.24, 2.45) is 11.8 Å². The summed E-state index contributed by atoms with van der Waals surface area (Å²) < 4.78 is 4.61. The summed E-state index contributed by atoms with van der Waals surface area (Å²) in [7, 11) is 1.40. The number of unbranched alkanes of at least 4 members (excludes halogenated alkanes) is 2. The lowest BCUT2D eigenvalue weighted by Gasteiger charge is -2.18. The molecule has 4 nitrogen and oxygen atoms in total. The Balaban J connectivity index is 2.31. The van der Waals surface area contributed by atoms with E-state index in [-0.39, 0.29) is 11.9 Å². The summed E-state index contributed by atoms with van der Waals surface area (Å²) in [6, 6.07) is 0. The van der Waals surface area contributed by atoms with Crippen molar-refractivity contribution in [3.05, 3.63) is 24.3 Å². The summed E-state index contributed by atoms with van der Waals surface area (Å²) in [5.41, 5.74) is 0. The van der Waals surface area contributed by atoms with Crippen LogP contribution in [-0.2, 0) is 14.3 Å². The molecule has 4 heteroatoms. The third-order valence-electron chi connectivity index (χ3n) is 4.93. The van der Waals surface area contributed by atoms with Crippen LogP contribution < -0.4 is 0 Å². The highest BCUT2D eigenvalue weighted by Gasteiger charge is 2.33. The number of methoxy groups -OCH3 is 1. The topological polar surface area (TPSA) is 63.6 Å². The fraction of sp³-hybridized carbons (Fsp3) is 0.714. The lowest BCUT2D eigenvalue weighted by atomic mass is 9.87. The van der Waals surface area contributed by atoms with E-state index >= 15 is 0 Å². The third-order valence-corrected chi connectivity index (χ3v) is 4.93. The number of aliphatic hydroxyl groups is 1. The van der Waals surface area contributed by atoms with E-state index < -0.39 is 6.10 Å². The first-order valence-electron chi connectivity index (χ1n) is 9.67. The Morgan fingerprint density at radius 1 is 1.32 bits per heavy atom.